The molecule has 2 aromatic rings. The highest BCUT2D eigenvalue weighted by Crippen LogP contribution is 2.36. The summed E-state index contributed by atoms with van der Waals surface area (Å²) in [7, 11) is 0. The minimum atomic E-state index is -0.200. The lowest BCUT2D eigenvalue weighted by atomic mass is 10.0. The molecule has 1 aliphatic rings. The molecular weight excluding hydrogens is 254 g/mol. The van der Waals surface area contributed by atoms with Crippen LogP contribution in [0.15, 0.2) is 28.8 Å². The van der Waals surface area contributed by atoms with Crippen molar-refractivity contribution in [3.05, 3.63) is 41.5 Å². The van der Waals surface area contributed by atoms with Gasteiger partial charge in [0.25, 0.3) is 0 Å². The first-order valence-electron chi connectivity index (χ1n) is 6.96. The second-order valence-electron chi connectivity index (χ2n) is 5.63. The minimum absolute atomic E-state index is 0.0370. The van der Waals surface area contributed by atoms with Gasteiger partial charge in [0.1, 0.15) is 12.4 Å². The van der Waals surface area contributed by atoms with Gasteiger partial charge in [-0.25, -0.2) is 0 Å². The number of fused-ring (bicyclic) bond motifs is 1. The van der Waals surface area contributed by atoms with E-state index in [0.717, 1.165) is 17.7 Å². The number of ether oxygens (including phenoxy) is 1. The summed E-state index contributed by atoms with van der Waals surface area (Å²) >= 11 is 0. The van der Waals surface area contributed by atoms with Crippen LogP contribution < -0.4 is 10.5 Å². The van der Waals surface area contributed by atoms with Crippen LogP contribution in [0.1, 0.15) is 49.5 Å². The number of benzene rings is 1. The largest absolute Gasteiger partial charge is 0.492 e. The molecule has 2 atom stereocenters. The fourth-order valence-corrected chi connectivity index (χ4v) is 2.52. The zero-order chi connectivity index (χ0) is 14.1. The number of nitrogens with zero attached hydrogens (tertiary/aromatic N) is 2. The van der Waals surface area contributed by atoms with Crippen LogP contribution in [0.5, 0.6) is 5.75 Å². The molecule has 0 aliphatic carbocycles. The lowest BCUT2D eigenvalue weighted by Crippen LogP contribution is -2.13. The van der Waals surface area contributed by atoms with E-state index in [4.69, 9.17) is 15.0 Å². The van der Waals surface area contributed by atoms with Gasteiger partial charge in [-0.05, 0) is 18.4 Å². The smallest absolute Gasteiger partial charge is 0.243 e. The molecule has 0 spiro atoms. The Morgan fingerprint density at radius 1 is 1.35 bits per heavy atom. The molecule has 3 rings (SSSR count). The van der Waals surface area contributed by atoms with E-state index >= 15 is 0 Å². The number of hydrogen-bond donors (Lipinski definition) is 1. The quantitative estimate of drug-likeness (QED) is 0.927. The molecule has 0 saturated carbocycles. The molecule has 20 heavy (non-hydrogen) atoms. The fraction of sp³-hybridized carbons (Fsp3) is 0.467. The molecule has 1 aromatic carbocycles. The third-order valence-electron chi connectivity index (χ3n) is 3.51. The molecule has 0 fully saturated rings. The van der Waals surface area contributed by atoms with E-state index in [1.807, 2.05) is 24.3 Å². The molecule has 2 N–H and O–H groups in total. The zero-order valence-corrected chi connectivity index (χ0v) is 11.7. The topological polar surface area (TPSA) is 74.2 Å². The highest BCUT2D eigenvalue weighted by Gasteiger charge is 2.30. The molecule has 0 saturated heterocycles. The molecule has 2 heterocycles. The van der Waals surface area contributed by atoms with E-state index in [1.165, 1.54) is 0 Å². The van der Waals surface area contributed by atoms with Crippen molar-refractivity contribution in [2.75, 3.05) is 6.61 Å². The molecule has 2 unspecified atom stereocenters. The van der Waals surface area contributed by atoms with E-state index in [2.05, 4.69) is 24.0 Å². The predicted molar refractivity (Wildman–Crippen MR) is 74.5 cm³/mol. The average molecular weight is 273 g/mol. The van der Waals surface area contributed by atoms with E-state index in [0.29, 0.717) is 24.2 Å². The van der Waals surface area contributed by atoms with Crippen LogP contribution in [0.25, 0.3) is 0 Å². The van der Waals surface area contributed by atoms with Gasteiger partial charge in [-0.2, -0.15) is 4.98 Å². The fourth-order valence-electron chi connectivity index (χ4n) is 2.52. The Balaban J connectivity index is 1.81. The molecule has 0 radical (unpaired) electrons. The molecule has 5 heteroatoms. The van der Waals surface area contributed by atoms with Gasteiger partial charge in [-0.3, -0.25) is 0 Å². The van der Waals surface area contributed by atoms with Crippen molar-refractivity contribution in [2.45, 2.75) is 32.2 Å². The number of hydrogen-bond acceptors (Lipinski definition) is 5. The lowest BCUT2D eigenvalue weighted by molar-refractivity contribution is 0.321. The maximum absolute atomic E-state index is 6.08. The summed E-state index contributed by atoms with van der Waals surface area (Å²) in [5.74, 6) is 2.60. The average Bonchev–Trinajstić information content (AvgIpc) is 3.04. The van der Waals surface area contributed by atoms with Crippen molar-refractivity contribution in [3.63, 3.8) is 0 Å². The van der Waals surface area contributed by atoms with Crippen molar-refractivity contribution >= 4 is 0 Å². The Morgan fingerprint density at radius 2 is 2.15 bits per heavy atom. The first-order valence-corrected chi connectivity index (χ1v) is 6.96. The second-order valence-corrected chi connectivity index (χ2v) is 5.63. The van der Waals surface area contributed by atoms with Crippen molar-refractivity contribution in [3.8, 4) is 5.75 Å². The van der Waals surface area contributed by atoms with E-state index in [-0.39, 0.29) is 12.0 Å². The molecule has 0 amide bonds. The van der Waals surface area contributed by atoms with Crippen LogP contribution in [0.3, 0.4) is 0 Å². The van der Waals surface area contributed by atoms with Crippen LogP contribution in [-0.2, 0) is 0 Å². The predicted octanol–water partition coefficient (Wildman–Crippen LogP) is 2.64. The number of rotatable bonds is 4. The van der Waals surface area contributed by atoms with Gasteiger partial charge >= 0.3 is 0 Å². The van der Waals surface area contributed by atoms with Gasteiger partial charge in [0, 0.05) is 5.56 Å². The summed E-state index contributed by atoms with van der Waals surface area (Å²) in [5, 5.41) is 4.08. The summed E-state index contributed by atoms with van der Waals surface area (Å²) in [6.07, 6.45) is 0.833. The number of para-hydroxylation sites is 1. The zero-order valence-electron chi connectivity index (χ0n) is 11.7. The van der Waals surface area contributed by atoms with Crippen LogP contribution in [0, 0.1) is 5.92 Å². The SMILES string of the molecule is CC(C)CC(N)c1nc(C2COc3ccccc32)no1. The minimum Gasteiger partial charge on any atom is -0.492 e. The van der Waals surface area contributed by atoms with Crippen molar-refractivity contribution in [1.82, 2.24) is 10.1 Å². The summed E-state index contributed by atoms with van der Waals surface area (Å²) in [6, 6.07) is 7.75. The Labute approximate surface area is 118 Å². The van der Waals surface area contributed by atoms with E-state index in [9.17, 15) is 0 Å². The Hall–Kier alpha value is -1.88. The Bertz CT molecular complexity index is 594. The maximum Gasteiger partial charge on any atom is 0.243 e. The van der Waals surface area contributed by atoms with Crippen LogP contribution in [0.2, 0.25) is 0 Å². The van der Waals surface area contributed by atoms with E-state index < -0.39 is 0 Å². The normalized spacial score (nSPS) is 18.9. The third-order valence-corrected chi connectivity index (χ3v) is 3.51. The van der Waals surface area contributed by atoms with Gasteiger partial charge in [-0.15, -0.1) is 0 Å². The van der Waals surface area contributed by atoms with Crippen molar-refractivity contribution < 1.29 is 9.26 Å². The van der Waals surface area contributed by atoms with Gasteiger partial charge < -0.3 is 15.0 Å². The van der Waals surface area contributed by atoms with Gasteiger partial charge in [0.15, 0.2) is 5.82 Å². The summed E-state index contributed by atoms with van der Waals surface area (Å²) in [4.78, 5) is 4.46. The van der Waals surface area contributed by atoms with E-state index in [1.54, 1.807) is 0 Å². The monoisotopic (exact) mass is 273 g/mol. The maximum atomic E-state index is 6.08. The van der Waals surface area contributed by atoms with Crippen LogP contribution >= 0.6 is 0 Å². The molecule has 5 nitrogen and oxygen atoms in total. The number of nitrogens with two attached hydrogens (primary N) is 1. The van der Waals surface area contributed by atoms with Crippen molar-refractivity contribution in [1.29, 1.82) is 0 Å². The van der Waals surface area contributed by atoms with Crippen LogP contribution in [-0.4, -0.2) is 16.7 Å². The Kier molecular flexibility index (Phi) is 3.44. The molecule has 1 aliphatic heterocycles. The molecule has 1 aromatic heterocycles. The van der Waals surface area contributed by atoms with Crippen molar-refractivity contribution in [2.24, 2.45) is 11.7 Å². The highest BCUT2D eigenvalue weighted by atomic mass is 16.5. The first kappa shape index (κ1) is 13.1. The standard InChI is InChI=1S/C15H19N3O2/c1-9(2)7-12(16)15-17-14(18-20-15)11-8-19-13-6-4-3-5-10(11)13/h3-6,9,11-12H,7-8,16H2,1-2H3. The molecule has 0 bridgehead atoms. The van der Waals surface area contributed by atoms with Crippen LogP contribution in [0.4, 0.5) is 0 Å². The van der Waals surface area contributed by atoms with Gasteiger partial charge in [-0.1, -0.05) is 37.2 Å². The summed E-state index contributed by atoms with van der Waals surface area (Å²) in [6.45, 7) is 4.80. The first-order chi connectivity index (χ1) is 9.65. The molecular formula is C15H19N3O2. The highest BCUT2D eigenvalue weighted by molar-refractivity contribution is 5.42. The summed E-state index contributed by atoms with van der Waals surface area (Å²) < 4.78 is 11.0. The molecule has 106 valence electrons. The van der Waals surface area contributed by atoms with Gasteiger partial charge in [0.2, 0.25) is 5.89 Å². The van der Waals surface area contributed by atoms with Gasteiger partial charge in [0.05, 0.1) is 12.0 Å². The third kappa shape index (κ3) is 2.41. The lowest BCUT2D eigenvalue weighted by Gasteiger charge is -2.08. The number of aromatic nitrogens is 2. The second kappa shape index (κ2) is 5.25. The Morgan fingerprint density at radius 3 is 2.95 bits per heavy atom. The summed E-state index contributed by atoms with van der Waals surface area (Å²) in [5.41, 5.74) is 7.18.